The number of halogens is 2. The van der Waals surface area contributed by atoms with Gasteiger partial charge >= 0.3 is 0 Å². The van der Waals surface area contributed by atoms with E-state index < -0.39 is 0 Å². The lowest BCUT2D eigenvalue weighted by Gasteiger charge is -1.99. The van der Waals surface area contributed by atoms with E-state index in [0.717, 1.165) is 5.56 Å². The number of nitrogens with zero attached hydrogens (tertiary/aromatic N) is 2. The molecule has 0 aliphatic rings. The summed E-state index contributed by atoms with van der Waals surface area (Å²) < 4.78 is 0. The van der Waals surface area contributed by atoms with Crippen LogP contribution in [0.4, 0.5) is 5.69 Å². The van der Waals surface area contributed by atoms with Gasteiger partial charge in [0.1, 0.15) is 5.69 Å². The van der Waals surface area contributed by atoms with Crippen molar-refractivity contribution in [2.24, 2.45) is 4.99 Å². The molecule has 0 atom stereocenters. The summed E-state index contributed by atoms with van der Waals surface area (Å²) >= 11 is 11.9. The van der Waals surface area contributed by atoms with Gasteiger partial charge in [0.2, 0.25) is 0 Å². The van der Waals surface area contributed by atoms with Crippen molar-refractivity contribution in [2.75, 3.05) is 0 Å². The number of hydrogen-bond donors (Lipinski definition) is 0. The van der Waals surface area contributed by atoms with Crippen LogP contribution in [0.25, 0.3) is 0 Å². The van der Waals surface area contributed by atoms with Crippen LogP contribution in [0, 0.1) is 0 Å². The Morgan fingerprint density at radius 1 is 1.00 bits per heavy atom. The predicted molar refractivity (Wildman–Crippen MR) is 68.0 cm³/mol. The summed E-state index contributed by atoms with van der Waals surface area (Å²) in [4.78, 5) is 8.11. The smallest absolute Gasteiger partial charge is 0.103 e. The molecule has 0 fully saturated rings. The second-order valence-electron chi connectivity index (χ2n) is 3.12. The second-order valence-corrected chi connectivity index (χ2v) is 3.94. The highest BCUT2D eigenvalue weighted by Gasteiger charge is 2.03. The molecule has 2 nitrogen and oxygen atoms in total. The predicted octanol–water partition coefficient (Wildman–Crippen LogP) is 4.14. The molecule has 1 aromatic carbocycles. The van der Waals surface area contributed by atoms with Crippen molar-refractivity contribution in [3.63, 3.8) is 0 Å². The SMILES string of the molecule is Clc1cncc(Cl)c1N=Cc1ccccc1. The number of benzene rings is 1. The molecule has 2 aromatic rings. The van der Waals surface area contributed by atoms with E-state index in [2.05, 4.69) is 9.98 Å². The molecule has 0 spiro atoms. The lowest BCUT2D eigenvalue weighted by atomic mass is 10.2. The van der Waals surface area contributed by atoms with Crippen molar-refractivity contribution in [1.29, 1.82) is 0 Å². The molecule has 0 aliphatic heterocycles. The second kappa shape index (κ2) is 5.10. The summed E-state index contributed by atoms with van der Waals surface area (Å²) in [7, 11) is 0. The third-order valence-electron chi connectivity index (χ3n) is 1.97. The van der Waals surface area contributed by atoms with E-state index in [4.69, 9.17) is 23.2 Å². The topological polar surface area (TPSA) is 25.2 Å². The molecule has 0 aliphatic carbocycles. The van der Waals surface area contributed by atoms with Crippen LogP contribution in [0.2, 0.25) is 10.0 Å². The van der Waals surface area contributed by atoms with Crippen LogP contribution in [0.3, 0.4) is 0 Å². The first-order valence-corrected chi connectivity index (χ1v) is 5.41. The molecular formula is C12H8Cl2N2. The average Bonchev–Trinajstić information content (AvgIpc) is 2.30. The molecule has 0 saturated carbocycles. The van der Waals surface area contributed by atoms with Crippen LogP contribution >= 0.6 is 23.2 Å². The minimum Gasteiger partial charge on any atom is -0.261 e. The van der Waals surface area contributed by atoms with Gasteiger partial charge in [-0.05, 0) is 5.56 Å². The highest BCUT2D eigenvalue weighted by Crippen LogP contribution is 2.31. The lowest BCUT2D eigenvalue weighted by molar-refractivity contribution is 1.31. The average molecular weight is 251 g/mol. The van der Waals surface area contributed by atoms with E-state index in [1.54, 1.807) is 6.21 Å². The summed E-state index contributed by atoms with van der Waals surface area (Å²) in [5.41, 5.74) is 1.54. The molecule has 1 heterocycles. The van der Waals surface area contributed by atoms with Crippen molar-refractivity contribution >= 4 is 35.1 Å². The molecule has 80 valence electrons. The largest absolute Gasteiger partial charge is 0.261 e. The van der Waals surface area contributed by atoms with Crippen molar-refractivity contribution < 1.29 is 0 Å². The van der Waals surface area contributed by atoms with Gasteiger partial charge in [-0.2, -0.15) is 0 Å². The fraction of sp³-hybridized carbons (Fsp3) is 0. The van der Waals surface area contributed by atoms with Crippen LogP contribution in [-0.4, -0.2) is 11.2 Å². The molecule has 0 N–H and O–H groups in total. The molecule has 0 amide bonds. The molecule has 4 heteroatoms. The van der Waals surface area contributed by atoms with Crippen LogP contribution in [0.1, 0.15) is 5.56 Å². The molecule has 0 saturated heterocycles. The van der Waals surface area contributed by atoms with E-state index >= 15 is 0 Å². The van der Waals surface area contributed by atoms with Crippen molar-refractivity contribution in [3.8, 4) is 0 Å². The quantitative estimate of drug-likeness (QED) is 0.736. The van der Waals surface area contributed by atoms with E-state index in [9.17, 15) is 0 Å². The monoisotopic (exact) mass is 250 g/mol. The van der Waals surface area contributed by atoms with Gasteiger partial charge in [-0.15, -0.1) is 0 Å². The van der Waals surface area contributed by atoms with Crippen molar-refractivity contribution in [2.45, 2.75) is 0 Å². The first kappa shape index (κ1) is 11.1. The Kier molecular flexibility index (Phi) is 3.54. The zero-order valence-corrected chi connectivity index (χ0v) is 9.78. The van der Waals surface area contributed by atoms with Crippen LogP contribution in [0.15, 0.2) is 47.7 Å². The maximum Gasteiger partial charge on any atom is 0.103 e. The minimum absolute atomic E-state index is 0.444. The Bertz CT molecular complexity index is 489. The number of pyridine rings is 1. The highest BCUT2D eigenvalue weighted by molar-refractivity contribution is 6.38. The number of aromatic nitrogens is 1. The molecule has 0 bridgehead atoms. The summed E-state index contributed by atoms with van der Waals surface area (Å²) in [5.74, 6) is 0. The summed E-state index contributed by atoms with van der Waals surface area (Å²) in [6.07, 6.45) is 4.75. The minimum atomic E-state index is 0.444. The van der Waals surface area contributed by atoms with Gasteiger partial charge in [0, 0.05) is 18.6 Å². The fourth-order valence-corrected chi connectivity index (χ4v) is 1.67. The van der Waals surface area contributed by atoms with Crippen LogP contribution in [0.5, 0.6) is 0 Å². The van der Waals surface area contributed by atoms with Gasteiger partial charge in [-0.25, -0.2) is 0 Å². The third-order valence-corrected chi connectivity index (χ3v) is 2.52. The number of hydrogen-bond acceptors (Lipinski definition) is 2. The number of aliphatic imine (C=N–C) groups is 1. The molecule has 1 aromatic heterocycles. The Morgan fingerprint density at radius 3 is 2.25 bits per heavy atom. The van der Waals surface area contributed by atoms with Crippen LogP contribution < -0.4 is 0 Å². The van der Waals surface area contributed by atoms with E-state index in [1.807, 2.05) is 30.3 Å². The Morgan fingerprint density at radius 2 is 1.62 bits per heavy atom. The van der Waals surface area contributed by atoms with E-state index in [0.29, 0.717) is 15.7 Å². The molecule has 2 rings (SSSR count). The van der Waals surface area contributed by atoms with Crippen LogP contribution in [-0.2, 0) is 0 Å². The van der Waals surface area contributed by atoms with Gasteiger partial charge in [-0.1, -0.05) is 53.5 Å². The maximum absolute atomic E-state index is 5.94. The first-order valence-electron chi connectivity index (χ1n) is 4.65. The standard InChI is InChI=1S/C12H8Cl2N2/c13-10-7-15-8-11(14)12(10)16-6-9-4-2-1-3-5-9/h1-8H. The third kappa shape index (κ3) is 2.60. The zero-order chi connectivity index (χ0) is 11.4. The van der Waals surface area contributed by atoms with Crippen molar-refractivity contribution in [3.05, 3.63) is 58.3 Å². The van der Waals surface area contributed by atoms with Gasteiger partial charge in [0.05, 0.1) is 10.0 Å². The highest BCUT2D eigenvalue weighted by atomic mass is 35.5. The Hall–Kier alpha value is -1.38. The number of rotatable bonds is 2. The molecule has 16 heavy (non-hydrogen) atoms. The zero-order valence-electron chi connectivity index (χ0n) is 8.27. The summed E-state index contributed by atoms with van der Waals surface area (Å²) in [6.45, 7) is 0. The summed E-state index contributed by atoms with van der Waals surface area (Å²) in [6, 6.07) is 9.73. The normalized spacial score (nSPS) is 10.9. The van der Waals surface area contributed by atoms with Crippen molar-refractivity contribution in [1.82, 2.24) is 4.98 Å². The van der Waals surface area contributed by atoms with Gasteiger partial charge in [0.15, 0.2) is 0 Å². The molecular weight excluding hydrogens is 243 g/mol. The molecule has 0 unspecified atom stereocenters. The Labute approximate surface area is 104 Å². The molecule has 0 radical (unpaired) electrons. The van der Waals surface area contributed by atoms with Gasteiger partial charge < -0.3 is 0 Å². The fourth-order valence-electron chi connectivity index (χ4n) is 1.21. The summed E-state index contributed by atoms with van der Waals surface area (Å²) in [5, 5.41) is 0.888. The Balaban J connectivity index is 2.31. The van der Waals surface area contributed by atoms with E-state index in [-0.39, 0.29) is 0 Å². The maximum atomic E-state index is 5.94. The lowest BCUT2D eigenvalue weighted by Crippen LogP contribution is -1.80. The first-order chi connectivity index (χ1) is 7.77. The van der Waals surface area contributed by atoms with E-state index in [1.165, 1.54) is 12.4 Å². The van der Waals surface area contributed by atoms with Gasteiger partial charge in [-0.3, -0.25) is 9.98 Å². The van der Waals surface area contributed by atoms with Gasteiger partial charge in [0.25, 0.3) is 0 Å².